The molecule has 0 aliphatic heterocycles. The fraction of sp³-hybridized carbons (Fsp3) is 0.214. The summed E-state index contributed by atoms with van der Waals surface area (Å²) < 4.78 is 0. The Hall–Kier alpha value is -1.63. The quantitative estimate of drug-likeness (QED) is 0.732. The van der Waals surface area contributed by atoms with Crippen LogP contribution in [0.25, 0.3) is 0 Å². The van der Waals surface area contributed by atoms with Crippen molar-refractivity contribution in [1.82, 2.24) is 4.98 Å². The largest absolute Gasteiger partial charge is 0.265 e. The van der Waals surface area contributed by atoms with Crippen LogP contribution in [-0.2, 0) is 0 Å². The first kappa shape index (κ1) is 9.91. The van der Waals surface area contributed by atoms with Gasteiger partial charge in [0.25, 0.3) is 0 Å². The summed E-state index contributed by atoms with van der Waals surface area (Å²) in [6.45, 7) is 2.22. The van der Waals surface area contributed by atoms with E-state index >= 15 is 0 Å². The van der Waals surface area contributed by atoms with Crippen LogP contribution in [0.1, 0.15) is 30.4 Å². The molecule has 0 aliphatic rings. The summed E-state index contributed by atoms with van der Waals surface area (Å²) in [5, 5.41) is 0. The third-order valence-corrected chi connectivity index (χ3v) is 2.72. The first-order valence-electron chi connectivity index (χ1n) is 5.36. The molecule has 76 valence electrons. The summed E-state index contributed by atoms with van der Waals surface area (Å²) in [5.74, 6) is 0.495. The predicted octanol–water partition coefficient (Wildman–Crippen LogP) is 3.62. The van der Waals surface area contributed by atoms with Crippen molar-refractivity contribution in [2.45, 2.75) is 19.3 Å². The molecule has 1 heterocycles. The van der Waals surface area contributed by atoms with Gasteiger partial charge in [0, 0.05) is 18.3 Å². The highest BCUT2D eigenvalue weighted by Gasteiger charge is 2.10. The van der Waals surface area contributed by atoms with E-state index in [1.165, 1.54) is 11.1 Å². The van der Waals surface area contributed by atoms with Crippen molar-refractivity contribution in [1.29, 1.82) is 0 Å². The van der Waals surface area contributed by atoms with E-state index in [1.54, 1.807) is 0 Å². The monoisotopic (exact) mass is 197 g/mol. The van der Waals surface area contributed by atoms with Gasteiger partial charge in [0.05, 0.1) is 0 Å². The van der Waals surface area contributed by atoms with Crippen LogP contribution in [0, 0.1) is 0 Å². The minimum Gasteiger partial charge on any atom is -0.265 e. The first-order valence-corrected chi connectivity index (χ1v) is 5.36. The molecule has 0 spiro atoms. The van der Waals surface area contributed by atoms with Crippen LogP contribution >= 0.6 is 0 Å². The summed E-state index contributed by atoms with van der Waals surface area (Å²) >= 11 is 0. The number of hydrogen-bond acceptors (Lipinski definition) is 1. The van der Waals surface area contributed by atoms with Crippen molar-refractivity contribution >= 4 is 0 Å². The van der Waals surface area contributed by atoms with Crippen LogP contribution in [0.2, 0.25) is 0 Å². The molecule has 1 nitrogen and oxygen atoms in total. The maximum absolute atomic E-state index is 4.06. The van der Waals surface area contributed by atoms with Crippen molar-refractivity contribution in [3.8, 4) is 0 Å². The van der Waals surface area contributed by atoms with E-state index in [-0.39, 0.29) is 0 Å². The second kappa shape index (κ2) is 4.74. The van der Waals surface area contributed by atoms with Gasteiger partial charge in [-0.3, -0.25) is 4.98 Å². The van der Waals surface area contributed by atoms with Gasteiger partial charge < -0.3 is 0 Å². The van der Waals surface area contributed by atoms with E-state index in [9.17, 15) is 0 Å². The minimum absolute atomic E-state index is 0.495. The molecule has 15 heavy (non-hydrogen) atoms. The summed E-state index contributed by atoms with van der Waals surface area (Å²) in [6, 6.07) is 14.8. The van der Waals surface area contributed by atoms with Crippen molar-refractivity contribution in [2.24, 2.45) is 0 Å². The lowest BCUT2D eigenvalue weighted by atomic mass is 9.90. The molecular weight excluding hydrogens is 182 g/mol. The van der Waals surface area contributed by atoms with Gasteiger partial charge in [-0.25, -0.2) is 0 Å². The number of aromatic nitrogens is 1. The lowest BCUT2D eigenvalue weighted by Crippen LogP contribution is -1.99. The molecule has 0 saturated heterocycles. The van der Waals surface area contributed by atoms with E-state index in [0.29, 0.717) is 5.92 Å². The van der Waals surface area contributed by atoms with Crippen LogP contribution < -0.4 is 0 Å². The second-order valence-corrected chi connectivity index (χ2v) is 3.65. The molecule has 0 aliphatic carbocycles. The van der Waals surface area contributed by atoms with Crippen molar-refractivity contribution in [3.05, 3.63) is 66.0 Å². The number of rotatable bonds is 3. The zero-order valence-electron chi connectivity index (χ0n) is 8.93. The molecule has 0 saturated carbocycles. The van der Waals surface area contributed by atoms with Crippen LogP contribution in [0.15, 0.2) is 54.9 Å². The number of pyridine rings is 1. The lowest BCUT2D eigenvalue weighted by Gasteiger charge is -2.15. The Morgan fingerprint density at radius 3 is 2.13 bits per heavy atom. The molecule has 0 fully saturated rings. The van der Waals surface area contributed by atoms with Gasteiger partial charge in [-0.05, 0) is 29.7 Å². The molecule has 1 heteroatoms. The van der Waals surface area contributed by atoms with Gasteiger partial charge in [-0.1, -0.05) is 37.3 Å². The number of hydrogen-bond donors (Lipinski definition) is 0. The summed E-state index contributed by atoms with van der Waals surface area (Å²) in [5.41, 5.74) is 2.73. The smallest absolute Gasteiger partial charge is 0.0270 e. The maximum atomic E-state index is 4.06. The van der Waals surface area contributed by atoms with Gasteiger partial charge in [-0.2, -0.15) is 0 Å². The van der Waals surface area contributed by atoms with Gasteiger partial charge in [0.2, 0.25) is 0 Å². The minimum atomic E-state index is 0.495. The van der Waals surface area contributed by atoms with Crippen LogP contribution in [-0.4, -0.2) is 4.98 Å². The van der Waals surface area contributed by atoms with Crippen molar-refractivity contribution in [3.63, 3.8) is 0 Å². The predicted molar refractivity (Wildman–Crippen MR) is 62.8 cm³/mol. The lowest BCUT2D eigenvalue weighted by molar-refractivity contribution is 0.775. The normalized spacial score (nSPS) is 12.3. The summed E-state index contributed by atoms with van der Waals surface area (Å²) in [4.78, 5) is 4.06. The highest BCUT2D eigenvalue weighted by Crippen LogP contribution is 2.26. The molecule has 1 atom stereocenters. The Bertz CT molecular complexity index is 355. The molecule has 1 aromatic carbocycles. The van der Waals surface area contributed by atoms with E-state index in [4.69, 9.17) is 0 Å². The highest BCUT2D eigenvalue weighted by molar-refractivity contribution is 5.30. The molecule has 1 aromatic heterocycles. The topological polar surface area (TPSA) is 12.9 Å². The zero-order valence-corrected chi connectivity index (χ0v) is 8.93. The summed E-state index contributed by atoms with van der Waals surface area (Å²) in [7, 11) is 0. The average Bonchev–Trinajstić information content (AvgIpc) is 2.33. The molecule has 0 bridgehead atoms. The van der Waals surface area contributed by atoms with Crippen molar-refractivity contribution < 1.29 is 0 Å². The highest BCUT2D eigenvalue weighted by atomic mass is 14.6. The number of nitrogens with zero attached hydrogens (tertiary/aromatic N) is 1. The Balaban J connectivity index is 2.34. The van der Waals surface area contributed by atoms with Gasteiger partial charge >= 0.3 is 0 Å². The average molecular weight is 197 g/mol. The van der Waals surface area contributed by atoms with Gasteiger partial charge in [-0.15, -0.1) is 0 Å². The third-order valence-electron chi connectivity index (χ3n) is 2.72. The number of benzene rings is 1. The Morgan fingerprint density at radius 2 is 1.53 bits per heavy atom. The Labute approximate surface area is 90.8 Å². The Morgan fingerprint density at radius 1 is 0.933 bits per heavy atom. The SMILES string of the molecule is CCC(c1ccccc1)c1ccncc1. The van der Waals surface area contributed by atoms with E-state index in [2.05, 4.69) is 54.4 Å². The molecule has 0 amide bonds. The first-order chi connectivity index (χ1) is 7.42. The van der Waals surface area contributed by atoms with Crippen LogP contribution in [0.4, 0.5) is 0 Å². The fourth-order valence-electron chi connectivity index (χ4n) is 1.94. The van der Waals surface area contributed by atoms with Crippen LogP contribution in [0.5, 0.6) is 0 Å². The molecule has 2 rings (SSSR count). The molecule has 1 unspecified atom stereocenters. The third kappa shape index (κ3) is 2.24. The molecule has 0 N–H and O–H groups in total. The summed E-state index contributed by atoms with van der Waals surface area (Å²) in [6.07, 6.45) is 4.84. The fourth-order valence-corrected chi connectivity index (χ4v) is 1.94. The zero-order chi connectivity index (χ0) is 10.5. The Kier molecular flexibility index (Phi) is 3.13. The second-order valence-electron chi connectivity index (χ2n) is 3.65. The van der Waals surface area contributed by atoms with E-state index < -0.39 is 0 Å². The molecular formula is C14H15N. The van der Waals surface area contributed by atoms with Gasteiger partial charge in [0.1, 0.15) is 0 Å². The van der Waals surface area contributed by atoms with E-state index in [0.717, 1.165) is 6.42 Å². The van der Waals surface area contributed by atoms with Crippen molar-refractivity contribution in [2.75, 3.05) is 0 Å². The van der Waals surface area contributed by atoms with E-state index in [1.807, 2.05) is 12.4 Å². The molecule has 0 radical (unpaired) electrons. The van der Waals surface area contributed by atoms with Crippen LogP contribution in [0.3, 0.4) is 0 Å². The van der Waals surface area contributed by atoms with Gasteiger partial charge in [0.15, 0.2) is 0 Å². The molecule has 2 aromatic rings. The standard InChI is InChI=1S/C14H15N/c1-2-14(12-6-4-3-5-7-12)13-8-10-15-11-9-13/h3-11,14H,2H2,1H3. The maximum Gasteiger partial charge on any atom is 0.0270 e.